The SMILES string of the molecule is CC(=O)N(CC(=O)Nc1ccccc1C)CC(C)C. The van der Waals surface area contributed by atoms with Crippen molar-refractivity contribution >= 4 is 17.5 Å². The number of nitrogens with zero attached hydrogens (tertiary/aromatic N) is 1. The van der Waals surface area contributed by atoms with Gasteiger partial charge in [-0.2, -0.15) is 0 Å². The van der Waals surface area contributed by atoms with Crippen LogP contribution in [-0.4, -0.2) is 29.8 Å². The lowest BCUT2D eigenvalue weighted by Crippen LogP contribution is -2.38. The highest BCUT2D eigenvalue weighted by molar-refractivity contribution is 5.94. The Morgan fingerprint density at radius 1 is 1.26 bits per heavy atom. The maximum Gasteiger partial charge on any atom is 0.244 e. The maximum atomic E-state index is 12.0. The zero-order valence-corrected chi connectivity index (χ0v) is 12.1. The van der Waals surface area contributed by atoms with Gasteiger partial charge in [-0.15, -0.1) is 0 Å². The van der Waals surface area contributed by atoms with Crippen LogP contribution in [0.5, 0.6) is 0 Å². The summed E-state index contributed by atoms with van der Waals surface area (Å²) in [5.41, 5.74) is 1.80. The van der Waals surface area contributed by atoms with Gasteiger partial charge >= 0.3 is 0 Å². The second-order valence-corrected chi connectivity index (χ2v) is 5.16. The highest BCUT2D eigenvalue weighted by Gasteiger charge is 2.15. The van der Waals surface area contributed by atoms with E-state index in [1.54, 1.807) is 4.90 Å². The first-order chi connectivity index (χ1) is 8.90. The van der Waals surface area contributed by atoms with Crippen molar-refractivity contribution in [3.8, 4) is 0 Å². The summed E-state index contributed by atoms with van der Waals surface area (Å²) in [5, 5.41) is 2.84. The third kappa shape index (κ3) is 5.12. The number of nitrogens with one attached hydrogen (secondary N) is 1. The summed E-state index contributed by atoms with van der Waals surface area (Å²) >= 11 is 0. The Balaban J connectivity index is 2.63. The molecule has 19 heavy (non-hydrogen) atoms. The first-order valence-electron chi connectivity index (χ1n) is 6.51. The Hall–Kier alpha value is -1.84. The number of aryl methyl sites for hydroxylation is 1. The van der Waals surface area contributed by atoms with E-state index in [1.165, 1.54) is 6.92 Å². The summed E-state index contributed by atoms with van der Waals surface area (Å²) in [5.74, 6) is 0.106. The molecule has 0 aliphatic carbocycles. The average Bonchev–Trinajstić information content (AvgIpc) is 2.30. The van der Waals surface area contributed by atoms with Crippen molar-refractivity contribution in [3.63, 3.8) is 0 Å². The lowest BCUT2D eigenvalue weighted by Gasteiger charge is -2.22. The molecule has 2 amide bonds. The van der Waals surface area contributed by atoms with E-state index in [0.717, 1.165) is 11.3 Å². The molecule has 0 unspecified atom stereocenters. The van der Waals surface area contributed by atoms with Gasteiger partial charge in [-0.05, 0) is 24.5 Å². The van der Waals surface area contributed by atoms with Crippen LogP contribution < -0.4 is 5.32 Å². The van der Waals surface area contributed by atoms with E-state index in [4.69, 9.17) is 0 Å². The molecule has 0 saturated carbocycles. The molecule has 0 radical (unpaired) electrons. The van der Waals surface area contributed by atoms with Crippen molar-refractivity contribution in [2.75, 3.05) is 18.4 Å². The third-order valence-corrected chi connectivity index (χ3v) is 2.78. The Labute approximate surface area is 114 Å². The molecule has 0 aromatic heterocycles. The van der Waals surface area contributed by atoms with Gasteiger partial charge in [-0.1, -0.05) is 32.0 Å². The summed E-state index contributed by atoms with van der Waals surface area (Å²) in [7, 11) is 0. The Morgan fingerprint density at radius 2 is 1.89 bits per heavy atom. The fourth-order valence-corrected chi connectivity index (χ4v) is 1.82. The minimum absolute atomic E-state index is 0.0753. The third-order valence-electron chi connectivity index (χ3n) is 2.78. The maximum absolute atomic E-state index is 12.0. The molecule has 0 saturated heterocycles. The lowest BCUT2D eigenvalue weighted by atomic mass is 10.2. The van der Waals surface area contributed by atoms with Gasteiger partial charge in [0.1, 0.15) is 0 Å². The van der Waals surface area contributed by atoms with Crippen LogP contribution in [0.1, 0.15) is 26.3 Å². The summed E-state index contributed by atoms with van der Waals surface area (Å²) in [6.07, 6.45) is 0. The zero-order valence-electron chi connectivity index (χ0n) is 12.1. The van der Waals surface area contributed by atoms with E-state index in [2.05, 4.69) is 5.32 Å². The van der Waals surface area contributed by atoms with Crippen molar-refractivity contribution in [2.24, 2.45) is 5.92 Å². The van der Waals surface area contributed by atoms with Crippen LogP contribution in [0, 0.1) is 12.8 Å². The van der Waals surface area contributed by atoms with E-state index in [1.807, 2.05) is 45.0 Å². The van der Waals surface area contributed by atoms with Crippen molar-refractivity contribution in [1.82, 2.24) is 4.90 Å². The van der Waals surface area contributed by atoms with Gasteiger partial charge in [-0.25, -0.2) is 0 Å². The molecule has 4 heteroatoms. The van der Waals surface area contributed by atoms with E-state index < -0.39 is 0 Å². The van der Waals surface area contributed by atoms with Crippen molar-refractivity contribution in [1.29, 1.82) is 0 Å². The van der Waals surface area contributed by atoms with E-state index >= 15 is 0 Å². The van der Waals surface area contributed by atoms with Gasteiger partial charge in [0.15, 0.2) is 0 Å². The number of hydrogen-bond donors (Lipinski definition) is 1. The van der Waals surface area contributed by atoms with Crippen LogP contribution in [0.2, 0.25) is 0 Å². The predicted octanol–water partition coefficient (Wildman–Crippen LogP) is 2.44. The van der Waals surface area contributed by atoms with Gasteiger partial charge < -0.3 is 10.2 Å². The van der Waals surface area contributed by atoms with Crippen LogP contribution in [0.15, 0.2) is 24.3 Å². The summed E-state index contributed by atoms with van der Waals surface area (Å²) < 4.78 is 0. The van der Waals surface area contributed by atoms with Gasteiger partial charge in [-0.3, -0.25) is 9.59 Å². The molecule has 1 aromatic rings. The summed E-state index contributed by atoms with van der Waals surface area (Å²) in [6, 6.07) is 7.59. The topological polar surface area (TPSA) is 49.4 Å². The summed E-state index contributed by atoms with van der Waals surface area (Å²) in [6.45, 7) is 8.17. The van der Waals surface area contributed by atoms with E-state index in [9.17, 15) is 9.59 Å². The molecule has 1 N–H and O–H groups in total. The molecule has 0 atom stereocenters. The highest BCUT2D eigenvalue weighted by Crippen LogP contribution is 2.13. The molecule has 1 rings (SSSR count). The fraction of sp³-hybridized carbons (Fsp3) is 0.467. The number of carbonyl (C=O) groups is 2. The van der Waals surface area contributed by atoms with E-state index in [0.29, 0.717) is 12.5 Å². The minimum Gasteiger partial charge on any atom is -0.333 e. The molecule has 0 aliphatic heterocycles. The molecule has 0 heterocycles. The zero-order chi connectivity index (χ0) is 14.4. The fourth-order valence-electron chi connectivity index (χ4n) is 1.82. The number of amides is 2. The number of carbonyl (C=O) groups excluding carboxylic acids is 2. The molecule has 0 aliphatic rings. The van der Waals surface area contributed by atoms with Gasteiger partial charge in [0.25, 0.3) is 0 Å². The number of benzene rings is 1. The van der Waals surface area contributed by atoms with Crippen LogP contribution in [0.4, 0.5) is 5.69 Å². The van der Waals surface area contributed by atoms with Crippen LogP contribution in [0.25, 0.3) is 0 Å². The summed E-state index contributed by atoms with van der Waals surface area (Å²) in [4.78, 5) is 25.0. The molecule has 1 aromatic carbocycles. The quantitative estimate of drug-likeness (QED) is 0.886. The molecule has 0 bridgehead atoms. The largest absolute Gasteiger partial charge is 0.333 e. The van der Waals surface area contributed by atoms with E-state index in [-0.39, 0.29) is 18.4 Å². The van der Waals surface area contributed by atoms with Crippen LogP contribution in [0.3, 0.4) is 0 Å². The second kappa shape index (κ2) is 6.92. The van der Waals surface area contributed by atoms with Crippen molar-refractivity contribution in [3.05, 3.63) is 29.8 Å². The van der Waals surface area contributed by atoms with Crippen molar-refractivity contribution < 1.29 is 9.59 Å². The molecule has 4 nitrogen and oxygen atoms in total. The van der Waals surface area contributed by atoms with Crippen molar-refractivity contribution in [2.45, 2.75) is 27.7 Å². The standard InChI is InChI=1S/C15H22N2O2/c1-11(2)9-17(13(4)18)10-15(19)16-14-8-6-5-7-12(14)3/h5-8,11H,9-10H2,1-4H3,(H,16,19). The first-order valence-corrected chi connectivity index (χ1v) is 6.51. The number of para-hydroxylation sites is 1. The van der Waals surface area contributed by atoms with Crippen LogP contribution >= 0.6 is 0 Å². The number of rotatable bonds is 5. The molecular weight excluding hydrogens is 240 g/mol. The van der Waals surface area contributed by atoms with Gasteiger partial charge in [0, 0.05) is 19.2 Å². The smallest absolute Gasteiger partial charge is 0.244 e. The van der Waals surface area contributed by atoms with Crippen LogP contribution in [-0.2, 0) is 9.59 Å². The lowest BCUT2D eigenvalue weighted by molar-refractivity contribution is -0.133. The van der Waals surface area contributed by atoms with Gasteiger partial charge in [0.05, 0.1) is 6.54 Å². The van der Waals surface area contributed by atoms with Gasteiger partial charge in [0.2, 0.25) is 11.8 Å². The Morgan fingerprint density at radius 3 is 2.42 bits per heavy atom. The Kier molecular flexibility index (Phi) is 5.55. The monoisotopic (exact) mass is 262 g/mol. The average molecular weight is 262 g/mol. The molecular formula is C15H22N2O2. The Bertz CT molecular complexity index is 455. The first kappa shape index (κ1) is 15.2. The molecule has 0 spiro atoms. The highest BCUT2D eigenvalue weighted by atomic mass is 16.2. The molecule has 0 fully saturated rings. The second-order valence-electron chi connectivity index (χ2n) is 5.16. The molecule has 104 valence electrons. The minimum atomic E-state index is -0.162. The predicted molar refractivity (Wildman–Crippen MR) is 76.9 cm³/mol. The number of anilines is 1. The normalized spacial score (nSPS) is 10.4. The number of hydrogen-bond acceptors (Lipinski definition) is 2.